The molecule has 0 aliphatic carbocycles. The van der Waals surface area contributed by atoms with Gasteiger partial charge in [0.05, 0.1) is 24.3 Å². The number of aliphatic imine (C=N–C) groups is 1. The largest absolute Gasteiger partial charge is 0.493 e. The molecule has 0 aliphatic heterocycles. The molecule has 0 unspecified atom stereocenters. The second kappa shape index (κ2) is 6.59. The number of rotatable bonds is 4. The minimum atomic E-state index is 0.397. The van der Waals surface area contributed by atoms with Gasteiger partial charge >= 0.3 is 0 Å². The van der Waals surface area contributed by atoms with E-state index in [2.05, 4.69) is 9.98 Å². The molecule has 0 radical (unpaired) electrons. The number of methoxy groups -OCH3 is 2. The lowest BCUT2D eigenvalue weighted by atomic mass is 10.2. The lowest BCUT2D eigenvalue weighted by Crippen LogP contribution is -1.92. The number of hydrogen-bond donors (Lipinski definition) is 0. The smallest absolute Gasteiger partial charge is 0.161 e. The van der Waals surface area contributed by atoms with Gasteiger partial charge in [-0.1, -0.05) is 23.2 Å². The van der Waals surface area contributed by atoms with E-state index in [4.69, 9.17) is 32.7 Å². The van der Waals surface area contributed by atoms with Crippen molar-refractivity contribution in [3.8, 4) is 11.5 Å². The van der Waals surface area contributed by atoms with Gasteiger partial charge in [-0.05, 0) is 23.8 Å². The van der Waals surface area contributed by atoms with Crippen LogP contribution in [0.15, 0.2) is 35.6 Å². The summed E-state index contributed by atoms with van der Waals surface area (Å²) in [6.45, 7) is 0. The maximum atomic E-state index is 6.00. The van der Waals surface area contributed by atoms with E-state index in [1.54, 1.807) is 26.5 Å². The predicted molar refractivity (Wildman–Crippen MR) is 81.1 cm³/mol. The van der Waals surface area contributed by atoms with Gasteiger partial charge in [-0.25, -0.2) is 0 Å². The zero-order valence-corrected chi connectivity index (χ0v) is 12.4. The van der Waals surface area contributed by atoms with Gasteiger partial charge < -0.3 is 9.47 Å². The molecule has 2 aromatic rings. The first-order valence-corrected chi connectivity index (χ1v) is 6.46. The van der Waals surface area contributed by atoms with Gasteiger partial charge in [0.1, 0.15) is 5.69 Å². The summed E-state index contributed by atoms with van der Waals surface area (Å²) in [6.07, 6.45) is 4.64. The monoisotopic (exact) mass is 310 g/mol. The van der Waals surface area contributed by atoms with Crippen LogP contribution >= 0.6 is 23.2 Å². The summed E-state index contributed by atoms with van der Waals surface area (Å²) in [7, 11) is 3.16. The van der Waals surface area contributed by atoms with Crippen LogP contribution < -0.4 is 9.47 Å². The Hall–Kier alpha value is -1.78. The Morgan fingerprint density at radius 1 is 1.05 bits per heavy atom. The highest BCUT2D eigenvalue weighted by Crippen LogP contribution is 2.32. The number of hydrogen-bond acceptors (Lipinski definition) is 4. The summed E-state index contributed by atoms with van der Waals surface area (Å²) in [6, 6.07) is 5.47. The van der Waals surface area contributed by atoms with E-state index in [0.717, 1.165) is 5.56 Å². The molecular weight excluding hydrogens is 299 g/mol. The first-order valence-electron chi connectivity index (χ1n) is 5.70. The lowest BCUT2D eigenvalue weighted by molar-refractivity contribution is 0.355. The van der Waals surface area contributed by atoms with Gasteiger partial charge in [0.25, 0.3) is 0 Å². The van der Waals surface area contributed by atoms with Gasteiger partial charge in [-0.15, -0.1) is 0 Å². The number of aromatic nitrogens is 1. The van der Waals surface area contributed by atoms with E-state index in [0.29, 0.717) is 27.2 Å². The number of benzene rings is 1. The molecule has 0 N–H and O–H groups in total. The van der Waals surface area contributed by atoms with Gasteiger partial charge in [0.15, 0.2) is 11.5 Å². The maximum Gasteiger partial charge on any atom is 0.161 e. The van der Waals surface area contributed by atoms with Crippen LogP contribution in [0.2, 0.25) is 10.0 Å². The van der Waals surface area contributed by atoms with Crippen molar-refractivity contribution in [1.82, 2.24) is 4.98 Å². The van der Waals surface area contributed by atoms with Crippen LogP contribution in [0.3, 0.4) is 0 Å². The summed E-state index contributed by atoms with van der Waals surface area (Å²) in [5.41, 5.74) is 1.32. The molecule has 0 bridgehead atoms. The summed E-state index contributed by atoms with van der Waals surface area (Å²) in [5.74, 6) is 1.29. The minimum absolute atomic E-state index is 0.397. The van der Waals surface area contributed by atoms with Gasteiger partial charge in [-0.3, -0.25) is 9.98 Å². The second-order valence-corrected chi connectivity index (χ2v) is 4.64. The summed E-state index contributed by atoms with van der Waals surface area (Å²) in [5, 5.41) is 0.795. The third-order valence-corrected chi connectivity index (χ3v) is 3.13. The molecule has 1 heterocycles. The average Bonchev–Trinajstić information content (AvgIpc) is 2.46. The van der Waals surface area contributed by atoms with Crippen molar-refractivity contribution in [2.24, 2.45) is 4.99 Å². The normalized spacial score (nSPS) is 10.8. The molecule has 104 valence electrons. The van der Waals surface area contributed by atoms with Crippen molar-refractivity contribution in [2.45, 2.75) is 0 Å². The minimum Gasteiger partial charge on any atom is -0.493 e. The van der Waals surface area contributed by atoms with Crippen LogP contribution in [0.4, 0.5) is 5.69 Å². The topological polar surface area (TPSA) is 43.7 Å². The Bertz CT molecular complexity index is 625. The van der Waals surface area contributed by atoms with E-state index in [9.17, 15) is 0 Å². The fourth-order valence-electron chi connectivity index (χ4n) is 1.60. The molecule has 2 rings (SSSR count). The Morgan fingerprint density at radius 3 is 2.30 bits per heavy atom. The van der Waals surface area contributed by atoms with Gasteiger partial charge in [-0.2, -0.15) is 0 Å². The molecule has 0 saturated carbocycles. The summed E-state index contributed by atoms with van der Waals surface area (Å²) >= 11 is 12.0. The van der Waals surface area contributed by atoms with Crippen molar-refractivity contribution in [2.75, 3.05) is 14.2 Å². The molecule has 0 spiro atoms. The van der Waals surface area contributed by atoms with E-state index in [-0.39, 0.29) is 0 Å². The van der Waals surface area contributed by atoms with E-state index in [1.807, 2.05) is 12.1 Å². The number of ether oxygens (including phenoxy) is 2. The SMILES string of the molecule is COc1ccc(C=Nc2c(Cl)cncc2Cl)cc1OC. The average molecular weight is 311 g/mol. The Morgan fingerprint density at radius 2 is 1.70 bits per heavy atom. The first-order chi connectivity index (χ1) is 9.65. The molecule has 1 aromatic heterocycles. The Kier molecular flexibility index (Phi) is 4.82. The summed E-state index contributed by atoms with van der Waals surface area (Å²) < 4.78 is 10.4. The van der Waals surface area contributed by atoms with Crippen LogP contribution in [0.5, 0.6) is 11.5 Å². The molecule has 0 fully saturated rings. The summed E-state index contributed by atoms with van der Waals surface area (Å²) in [4.78, 5) is 8.16. The molecule has 4 nitrogen and oxygen atoms in total. The molecule has 20 heavy (non-hydrogen) atoms. The maximum absolute atomic E-state index is 6.00. The fraction of sp³-hybridized carbons (Fsp3) is 0.143. The van der Waals surface area contributed by atoms with Crippen LogP contribution in [-0.2, 0) is 0 Å². The molecular formula is C14H12Cl2N2O2. The molecule has 0 saturated heterocycles. The third kappa shape index (κ3) is 3.21. The van der Waals surface area contributed by atoms with E-state index in [1.165, 1.54) is 12.4 Å². The third-order valence-electron chi connectivity index (χ3n) is 2.58. The van der Waals surface area contributed by atoms with Crippen LogP contribution in [-0.4, -0.2) is 25.4 Å². The zero-order valence-electron chi connectivity index (χ0n) is 10.9. The highest BCUT2D eigenvalue weighted by Gasteiger charge is 2.05. The van der Waals surface area contributed by atoms with Crippen LogP contribution in [0, 0.1) is 0 Å². The van der Waals surface area contributed by atoms with Crippen molar-refractivity contribution >= 4 is 35.1 Å². The number of nitrogens with zero attached hydrogens (tertiary/aromatic N) is 2. The van der Waals surface area contributed by atoms with Crippen LogP contribution in [0.1, 0.15) is 5.56 Å². The van der Waals surface area contributed by atoms with Gasteiger partial charge in [0, 0.05) is 18.6 Å². The predicted octanol–water partition coefficient (Wildman–Crippen LogP) is 4.16. The van der Waals surface area contributed by atoms with Crippen molar-refractivity contribution in [3.05, 3.63) is 46.2 Å². The number of halogens is 2. The van der Waals surface area contributed by atoms with Crippen molar-refractivity contribution in [1.29, 1.82) is 0 Å². The van der Waals surface area contributed by atoms with Gasteiger partial charge in [0.2, 0.25) is 0 Å². The van der Waals surface area contributed by atoms with Crippen molar-refractivity contribution in [3.63, 3.8) is 0 Å². The lowest BCUT2D eigenvalue weighted by Gasteiger charge is -2.07. The Labute approximate surface area is 127 Å². The first kappa shape index (κ1) is 14.6. The molecule has 0 atom stereocenters. The van der Waals surface area contributed by atoms with Crippen molar-refractivity contribution < 1.29 is 9.47 Å². The van der Waals surface area contributed by atoms with E-state index < -0.39 is 0 Å². The Balaban J connectivity index is 2.32. The molecule has 0 aliphatic rings. The zero-order chi connectivity index (χ0) is 14.5. The second-order valence-electron chi connectivity index (χ2n) is 3.82. The fourth-order valence-corrected chi connectivity index (χ4v) is 2.06. The molecule has 1 aromatic carbocycles. The molecule has 0 amide bonds. The quantitative estimate of drug-likeness (QED) is 0.797. The van der Waals surface area contributed by atoms with E-state index >= 15 is 0 Å². The highest BCUT2D eigenvalue weighted by molar-refractivity contribution is 6.38. The number of pyridine rings is 1. The highest BCUT2D eigenvalue weighted by atomic mass is 35.5. The molecule has 6 heteroatoms. The van der Waals surface area contributed by atoms with Crippen LogP contribution in [0.25, 0.3) is 0 Å². The standard InChI is InChI=1S/C14H12Cl2N2O2/c1-19-12-4-3-9(5-13(12)20-2)6-18-14-10(15)7-17-8-11(14)16/h3-8H,1-2H3.